The summed E-state index contributed by atoms with van der Waals surface area (Å²) in [5.41, 5.74) is 6.54. The number of ether oxygens (including phenoxy) is 1. The van der Waals surface area contributed by atoms with E-state index in [1.807, 2.05) is 32.0 Å². The number of aromatic nitrogens is 2. The van der Waals surface area contributed by atoms with E-state index in [2.05, 4.69) is 5.10 Å². The molecule has 144 valence electrons. The van der Waals surface area contributed by atoms with E-state index in [1.165, 1.54) is 21.4 Å². The van der Waals surface area contributed by atoms with Gasteiger partial charge in [0.1, 0.15) is 16.3 Å². The van der Waals surface area contributed by atoms with Gasteiger partial charge in [0, 0.05) is 19.1 Å². The molecule has 1 unspecified atom stereocenters. The van der Waals surface area contributed by atoms with Gasteiger partial charge in [-0.05, 0) is 24.0 Å². The van der Waals surface area contributed by atoms with Gasteiger partial charge in [0.05, 0.1) is 19.5 Å². The van der Waals surface area contributed by atoms with Crippen LogP contribution in [0.5, 0.6) is 5.75 Å². The van der Waals surface area contributed by atoms with Crippen LogP contribution in [0.3, 0.4) is 0 Å². The van der Waals surface area contributed by atoms with Gasteiger partial charge in [0.15, 0.2) is 0 Å². The van der Waals surface area contributed by atoms with Crippen molar-refractivity contribution < 1.29 is 13.2 Å². The molecule has 1 saturated heterocycles. The van der Waals surface area contributed by atoms with Gasteiger partial charge in [0.25, 0.3) is 0 Å². The number of nitrogens with two attached hydrogens (primary N) is 1. The topological polar surface area (TPSA) is 90.5 Å². The van der Waals surface area contributed by atoms with Gasteiger partial charge in [-0.2, -0.15) is 9.40 Å². The van der Waals surface area contributed by atoms with Gasteiger partial charge >= 0.3 is 0 Å². The van der Waals surface area contributed by atoms with Crippen LogP contribution in [0.15, 0.2) is 41.6 Å². The maximum atomic E-state index is 13.0. The molecule has 2 aromatic rings. The van der Waals surface area contributed by atoms with Crippen molar-refractivity contribution >= 4 is 22.4 Å². The Kier molecular flexibility index (Phi) is 6.02. The molecule has 0 bridgehead atoms. The number of sulfonamides is 1. The Bertz CT molecular complexity index is 866. The predicted molar refractivity (Wildman–Crippen MR) is 102 cm³/mol. The molecule has 1 fully saturated rings. The minimum atomic E-state index is -3.61. The number of piperidine rings is 1. The number of halogens is 1. The van der Waals surface area contributed by atoms with Crippen molar-refractivity contribution in [2.45, 2.75) is 31.2 Å². The third-order valence-electron chi connectivity index (χ3n) is 4.81. The van der Waals surface area contributed by atoms with Crippen LogP contribution >= 0.6 is 12.4 Å². The van der Waals surface area contributed by atoms with E-state index in [0.717, 1.165) is 0 Å². The summed E-state index contributed by atoms with van der Waals surface area (Å²) >= 11 is 0. The molecule has 0 spiro atoms. The van der Waals surface area contributed by atoms with Gasteiger partial charge in [-0.25, -0.2) is 13.1 Å². The van der Waals surface area contributed by atoms with Crippen molar-refractivity contribution in [1.29, 1.82) is 0 Å². The third-order valence-corrected chi connectivity index (χ3v) is 6.60. The smallest absolute Gasteiger partial charge is 0.246 e. The van der Waals surface area contributed by atoms with Gasteiger partial charge < -0.3 is 10.5 Å². The van der Waals surface area contributed by atoms with Gasteiger partial charge in [-0.1, -0.05) is 26.0 Å². The lowest BCUT2D eigenvalue weighted by atomic mass is 9.81. The highest BCUT2D eigenvalue weighted by Gasteiger charge is 2.39. The second kappa shape index (κ2) is 7.56. The maximum Gasteiger partial charge on any atom is 0.246 e. The predicted octanol–water partition coefficient (Wildman–Crippen LogP) is 2.05. The number of hydrogen-bond acceptors (Lipinski definition) is 5. The second-order valence-electron chi connectivity index (χ2n) is 7.01. The first-order valence-electron chi connectivity index (χ1n) is 8.19. The van der Waals surface area contributed by atoms with E-state index in [0.29, 0.717) is 30.9 Å². The molecule has 1 aromatic carbocycles. The van der Waals surface area contributed by atoms with Crippen molar-refractivity contribution in [1.82, 2.24) is 14.1 Å². The quantitative estimate of drug-likeness (QED) is 0.848. The number of rotatable bonds is 4. The van der Waals surface area contributed by atoms with E-state index < -0.39 is 10.0 Å². The monoisotopic (exact) mass is 400 g/mol. The lowest BCUT2D eigenvalue weighted by Gasteiger charge is -2.41. The van der Waals surface area contributed by atoms with E-state index >= 15 is 0 Å². The summed E-state index contributed by atoms with van der Waals surface area (Å²) in [6.07, 6.45) is 3.55. The first-order chi connectivity index (χ1) is 11.8. The fraction of sp³-hybridized carbons (Fsp3) is 0.471. The van der Waals surface area contributed by atoms with Crippen molar-refractivity contribution in [3.05, 3.63) is 36.7 Å². The largest absolute Gasteiger partial charge is 0.494 e. The maximum absolute atomic E-state index is 13.0. The number of hydrogen-bond donors (Lipinski definition) is 1. The zero-order chi connectivity index (χ0) is 18.2. The van der Waals surface area contributed by atoms with Gasteiger partial charge in [-0.15, -0.1) is 12.4 Å². The third kappa shape index (κ3) is 3.73. The van der Waals surface area contributed by atoms with Gasteiger partial charge in [-0.3, -0.25) is 0 Å². The Morgan fingerprint density at radius 3 is 2.65 bits per heavy atom. The molecule has 7 nitrogen and oxygen atoms in total. The summed E-state index contributed by atoms with van der Waals surface area (Å²) in [5, 5.41) is 4.21. The van der Waals surface area contributed by atoms with Crippen LogP contribution in [-0.4, -0.2) is 48.7 Å². The van der Waals surface area contributed by atoms with Crippen molar-refractivity contribution in [3.8, 4) is 11.4 Å². The fourth-order valence-electron chi connectivity index (χ4n) is 3.07. The van der Waals surface area contributed by atoms with E-state index in [4.69, 9.17) is 10.5 Å². The Morgan fingerprint density at radius 2 is 2.00 bits per heavy atom. The van der Waals surface area contributed by atoms with Crippen LogP contribution in [0.25, 0.3) is 5.69 Å². The number of nitrogens with zero attached hydrogens (tertiary/aromatic N) is 3. The molecule has 0 radical (unpaired) electrons. The molecule has 0 aliphatic carbocycles. The van der Waals surface area contributed by atoms with Crippen LogP contribution in [0.4, 0.5) is 0 Å². The zero-order valence-corrected chi connectivity index (χ0v) is 16.8. The highest BCUT2D eigenvalue weighted by molar-refractivity contribution is 7.89. The van der Waals surface area contributed by atoms with Gasteiger partial charge in [0.2, 0.25) is 10.0 Å². The summed E-state index contributed by atoms with van der Waals surface area (Å²) in [5.74, 6) is 0.625. The molecular weight excluding hydrogens is 376 g/mol. The highest BCUT2D eigenvalue weighted by atomic mass is 35.5. The Hall–Kier alpha value is -1.61. The van der Waals surface area contributed by atoms with E-state index in [-0.39, 0.29) is 28.8 Å². The summed E-state index contributed by atoms with van der Waals surface area (Å²) in [6.45, 7) is 4.82. The molecule has 1 atom stereocenters. The first kappa shape index (κ1) is 20.7. The lowest BCUT2D eigenvalue weighted by molar-refractivity contribution is 0.155. The molecule has 0 amide bonds. The molecule has 26 heavy (non-hydrogen) atoms. The molecule has 2 N–H and O–H groups in total. The SMILES string of the molecule is COc1ccccc1-n1cc(S(=O)(=O)N2CCC(N)C(C)(C)C2)cn1.Cl. The van der Waals surface area contributed by atoms with Crippen molar-refractivity contribution in [3.63, 3.8) is 0 Å². The zero-order valence-electron chi connectivity index (χ0n) is 15.1. The molecule has 1 aromatic heterocycles. The Balaban J connectivity index is 0.00000243. The molecule has 1 aliphatic rings. The van der Waals surface area contributed by atoms with E-state index in [1.54, 1.807) is 13.2 Å². The van der Waals surface area contributed by atoms with Crippen molar-refractivity contribution in [2.24, 2.45) is 11.1 Å². The van der Waals surface area contributed by atoms with E-state index in [9.17, 15) is 8.42 Å². The minimum Gasteiger partial charge on any atom is -0.494 e. The Morgan fingerprint density at radius 1 is 1.31 bits per heavy atom. The number of methoxy groups -OCH3 is 1. The van der Waals surface area contributed by atoms with Crippen LogP contribution in [-0.2, 0) is 10.0 Å². The minimum absolute atomic E-state index is 0. The average Bonchev–Trinajstić information content (AvgIpc) is 3.07. The highest BCUT2D eigenvalue weighted by Crippen LogP contribution is 2.31. The average molecular weight is 401 g/mol. The number of benzene rings is 1. The Labute approximate surface area is 160 Å². The van der Waals surface area contributed by atoms with Crippen LogP contribution in [0, 0.1) is 5.41 Å². The fourth-order valence-corrected chi connectivity index (χ4v) is 4.63. The molecule has 1 aliphatic heterocycles. The number of para-hydroxylation sites is 2. The van der Waals surface area contributed by atoms with Crippen LogP contribution < -0.4 is 10.5 Å². The second-order valence-corrected chi connectivity index (χ2v) is 8.95. The molecule has 3 rings (SSSR count). The normalized spacial score (nSPS) is 20.4. The summed E-state index contributed by atoms with van der Waals surface area (Å²) in [7, 11) is -2.04. The first-order valence-corrected chi connectivity index (χ1v) is 9.63. The molecular formula is C17H25ClN4O3S. The summed E-state index contributed by atoms with van der Waals surface area (Å²) < 4.78 is 34.3. The lowest BCUT2D eigenvalue weighted by Crippen LogP contribution is -2.53. The molecule has 9 heteroatoms. The van der Waals surface area contributed by atoms with Crippen LogP contribution in [0.2, 0.25) is 0 Å². The van der Waals surface area contributed by atoms with Crippen LogP contribution in [0.1, 0.15) is 20.3 Å². The molecule has 0 saturated carbocycles. The molecule has 2 heterocycles. The standard InChI is InChI=1S/C17H24N4O3S.ClH/c1-17(2)12-20(9-8-16(17)18)25(22,23)13-10-19-21(11-13)14-6-4-5-7-15(14)24-3;/h4-7,10-11,16H,8-9,12,18H2,1-3H3;1H. The summed E-state index contributed by atoms with van der Waals surface area (Å²) in [4.78, 5) is 0.171. The van der Waals surface area contributed by atoms with Crippen molar-refractivity contribution in [2.75, 3.05) is 20.2 Å². The summed E-state index contributed by atoms with van der Waals surface area (Å²) in [6, 6.07) is 7.32.